The zero-order chi connectivity index (χ0) is 34.1. The van der Waals surface area contributed by atoms with E-state index in [0.717, 1.165) is 16.0 Å². The lowest BCUT2D eigenvalue weighted by Gasteiger charge is -2.23. The third kappa shape index (κ3) is 10.3. The number of carbonyl (C=O) groups is 3. The Hall–Kier alpha value is -2.37. The minimum atomic E-state index is -3.25. The van der Waals surface area contributed by atoms with E-state index in [4.69, 9.17) is 0 Å². The Balaban J connectivity index is 0.000000555. The largest absolute Gasteiger partial charge is 0.323 e. The Morgan fingerprint density at radius 3 is 2.34 bits per heavy atom. The summed E-state index contributed by atoms with van der Waals surface area (Å²) in [4.78, 5) is 51.9. The van der Waals surface area contributed by atoms with Crippen LogP contribution in [-0.2, 0) is 91.8 Å². The Labute approximate surface area is 302 Å². The Bertz CT molecular complexity index is 2090. The third-order valence-corrected chi connectivity index (χ3v) is 18.0. The van der Waals surface area contributed by atoms with E-state index in [2.05, 4.69) is 63.7 Å². The van der Waals surface area contributed by atoms with Crippen molar-refractivity contribution in [2.75, 3.05) is 11.9 Å². The lowest BCUT2D eigenvalue weighted by atomic mass is 10.0. The van der Waals surface area contributed by atoms with Gasteiger partial charge in [0.05, 0.1) is 12.1 Å². The van der Waals surface area contributed by atoms with Crippen LogP contribution < -0.4 is 5.32 Å². The number of carbonyl (C=O) groups excluding carboxylic acids is 3. The van der Waals surface area contributed by atoms with Crippen molar-refractivity contribution in [2.45, 2.75) is 38.8 Å². The number of alkyl halides is 2. The molecule has 4 heterocycles. The summed E-state index contributed by atoms with van der Waals surface area (Å²) >= 11 is 12.4. The van der Waals surface area contributed by atoms with Crippen molar-refractivity contribution >= 4 is 126 Å². The van der Waals surface area contributed by atoms with Crippen molar-refractivity contribution in [1.29, 1.82) is 0 Å². The number of Topliss-reactive ketones (excluding diaryl/α,β-unsaturated/α-hetero) is 1. The highest BCUT2D eigenvalue weighted by Crippen LogP contribution is 2.33. The summed E-state index contributed by atoms with van der Waals surface area (Å²) in [7, 11) is 9.12. The normalized spacial score (nSPS) is 14.7. The zero-order valence-corrected chi connectivity index (χ0v) is 32.2. The number of likely N-dealkylation sites (tertiary alicyclic amines) is 1. The van der Waals surface area contributed by atoms with E-state index in [1.54, 1.807) is 85.2 Å². The van der Waals surface area contributed by atoms with Crippen LogP contribution in [0.25, 0.3) is 22.0 Å². The molecule has 10 nitrogen and oxygen atoms in total. The van der Waals surface area contributed by atoms with Crippen molar-refractivity contribution < 1.29 is 23.2 Å². The number of nitrogens with zero attached hydrogens (tertiary/aromatic N) is 6. The fourth-order valence-corrected chi connectivity index (χ4v) is 15.9. The molecule has 1 saturated heterocycles. The molecule has 5 rings (SSSR count). The molecule has 2 amide bonds. The molecular formula is C26H22BrF2N7O3S8. The lowest BCUT2D eigenvalue weighted by molar-refractivity contribution is -0.137. The summed E-state index contributed by atoms with van der Waals surface area (Å²) in [5.74, 6) is -4.30. The first-order chi connectivity index (χ1) is 22.4. The Kier molecular flexibility index (Phi) is 13.8. The number of benzene rings is 1. The van der Waals surface area contributed by atoms with Gasteiger partial charge in [-0.2, -0.15) is 5.10 Å². The highest BCUT2D eigenvalue weighted by Gasteiger charge is 2.50. The summed E-state index contributed by atoms with van der Waals surface area (Å²) in [5.41, 5.74) is 2.08. The van der Waals surface area contributed by atoms with Crippen LogP contribution in [0.3, 0.4) is 0 Å². The van der Waals surface area contributed by atoms with Gasteiger partial charge in [-0.25, -0.2) is 23.7 Å². The SMILES string of the molecule is CC(=O)c1nn(CC(=O)N2CC(F)(F)C[C@H]2C(=O)Nc2cccc(Br)n2)c2ccc(-c3cnc(C)nc3)cc12.S=S=S=S=S=S=S=S. The van der Waals surface area contributed by atoms with Crippen LogP contribution in [0.2, 0.25) is 0 Å². The predicted molar refractivity (Wildman–Crippen MR) is 200 cm³/mol. The second kappa shape index (κ2) is 17.3. The van der Waals surface area contributed by atoms with Crippen molar-refractivity contribution in [3.8, 4) is 11.1 Å². The number of rotatable bonds is 6. The first kappa shape index (κ1) is 37.4. The summed E-state index contributed by atoms with van der Waals surface area (Å²) in [6.07, 6.45) is 2.50. The van der Waals surface area contributed by atoms with Gasteiger partial charge < -0.3 is 10.2 Å². The molecule has 1 aliphatic heterocycles. The lowest BCUT2D eigenvalue weighted by Crippen LogP contribution is -2.44. The van der Waals surface area contributed by atoms with E-state index in [1.165, 1.54) is 35.4 Å². The van der Waals surface area contributed by atoms with Crippen molar-refractivity contribution in [2.24, 2.45) is 0 Å². The molecule has 0 spiro atoms. The Morgan fingerprint density at radius 1 is 1.04 bits per heavy atom. The first-order valence-electron chi connectivity index (χ1n) is 13.1. The van der Waals surface area contributed by atoms with Crippen molar-refractivity contribution in [3.05, 3.63) is 64.9 Å². The summed E-state index contributed by atoms with van der Waals surface area (Å²) in [5, 5.41) is 7.31. The van der Waals surface area contributed by atoms with Crippen LogP contribution >= 0.6 is 15.9 Å². The minimum Gasteiger partial charge on any atom is -0.323 e. The summed E-state index contributed by atoms with van der Waals surface area (Å²) < 4.78 is 30.6. The highest BCUT2D eigenvalue weighted by molar-refractivity contribution is 9.10. The van der Waals surface area contributed by atoms with Crippen LogP contribution in [0, 0.1) is 6.92 Å². The molecule has 1 aromatic carbocycles. The number of fused-ring (bicyclic) bond motifs is 1. The maximum absolute atomic E-state index is 14.4. The van der Waals surface area contributed by atoms with Crippen LogP contribution in [-0.4, -0.2) is 65.7 Å². The molecule has 0 aliphatic carbocycles. The van der Waals surface area contributed by atoms with Crippen LogP contribution in [0.15, 0.2) is 53.4 Å². The molecule has 1 atom stereocenters. The quantitative estimate of drug-likeness (QED) is 0.227. The topological polar surface area (TPSA) is 123 Å². The number of nitrogens with one attached hydrogen (secondary N) is 1. The molecule has 1 fully saturated rings. The van der Waals surface area contributed by atoms with Crippen LogP contribution in [0.1, 0.15) is 29.7 Å². The van der Waals surface area contributed by atoms with Gasteiger partial charge in [0.25, 0.3) is 5.92 Å². The summed E-state index contributed by atoms with van der Waals surface area (Å²) in [6, 6.07) is 8.60. The van der Waals surface area contributed by atoms with Crippen LogP contribution in [0.4, 0.5) is 14.6 Å². The molecule has 0 saturated carbocycles. The average molecular weight is 855 g/mol. The average Bonchev–Trinajstić information content (AvgIpc) is 3.56. The number of aryl methyl sites for hydroxylation is 1. The number of aromatic nitrogens is 5. The molecule has 21 heteroatoms. The van der Waals surface area contributed by atoms with E-state index in [0.29, 0.717) is 21.3 Å². The molecule has 1 aliphatic rings. The molecule has 0 unspecified atom stereocenters. The van der Waals surface area contributed by atoms with Gasteiger partial charge in [-0.1, -0.05) is 12.1 Å². The zero-order valence-electron chi connectivity index (χ0n) is 24.1. The first-order valence-corrected chi connectivity index (χ1v) is 23.2. The number of pyridine rings is 1. The number of halogens is 3. The monoisotopic (exact) mass is 853 g/mol. The van der Waals surface area contributed by atoms with Gasteiger partial charge in [-0.15, -0.1) is 0 Å². The molecule has 0 radical (unpaired) electrons. The fourth-order valence-electron chi connectivity index (χ4n) is 4.55. The van der Waals surface area contributed by atoms with E-state index in [9.17, 15) is 23.2 Å². The maximum Gasteiger partial charge on any atom is 0.267 e. The third-order valence-electron chi connectivity index (χ3n) is 6.48. The molecule has 47 heavy (non-hydrogen) atoms. The number of hydrogen-bond donors (Lipinski definition) is 1. The van der Waals surface area contributed by atoms with Gasteiger partial charge in [-0.3, -0.25) is 19.1 Å². The molecule has 248 valence electrons. The van der Waals surface area contributed by atoms with Gasteiger partial charge in [0.2, 0.25) is 11.8 Å². The van der Waals surface area contributed by atoms with Gasteiger partial charge in [0, 0.05) is 112 Å². The van der Waals surface area contributed by atoms with Crippen molar-refractivity contribution in [3.63, 3.8) is 0 Å². The van der Waals surface area contributed by atoms with E-state index >= 15 is 0 Å². The van der Waals surface area contributed by atoms with Gasteiger partial charge in [-0.05, 0) is 52.7 Å². The second-order valence-corrected chi connectivity index (χ2v) is 21.1. The molecule has 0 bridgehead atoms. The smallest absolute Gasteiger partial charge is 0.267 e. The number of anilines is 1. The van der Waals surface area contributed by atoms with Crippen molar-refractivity contribution in [1.82, 2.24) is 29.6 Å². The van der Waals surface area contributed by atoms with Gasteiger partial charge >= 0.3 is 0 Å². The van der Waals surface area contributed by atoms with Gasteiger partial charge in [0.1, 0.15) is 34.5 Å². The van der Waals surface area contributed by atoms with E-state index in [1.807, 2.05) is 0 Å². The molecular weight excluding hydrogens is 833 g/mol. The number of ketones is 1. The molecule has 3 aromatic heterocycles. The molecule has 1 N–H and O–H groups in total. The fraction of sp³-hybridized carbons (Fsp3) is 0.269. The predicted octanol–water partition coefficient (Wildman–Crippen LogP) is 4.02. The summed E-state index contributed by atoms with van der Waals surface area (Å²) in [6.45, 7) is 1.77. The van der Waals surface area contributed by atoms with E-state index in [-0.39, 0.29) is 17.3 Å². The van der Waals surface area contributed by atoms with Crippen LogP contribution in [0.5, 0.6) is 0 Å². The standard InChI is InChI=1S/C26H22BrF2N7O3.S8/c1-14(37)24-18-8-16(17-10-30-15(2)31-11-17)6-7-19(18)36(34-24)12-23(38)35-13-26(28,29)9-20(35)25(39)33-22-5-3-4-21(27)32-22;1-3-5-7-8-6-4-2/h3-8,10-11,20H,9,12-13H2,1-2H3,(H,32,33,39);/t20-;/m0./s1. The van der Waals surface area contributed by atoms with E-state index < -0.39 is 43.3 Å². The number of hydrogen-bond acceptors (Lipinski definition) is 9. The highest BCUT2D eigenvalue weighted by atomic mass is 79.9. The number of amides is 2. The van der Waals surface area contributed by atoms with Gasteiger partial charge in [0.15, 0.2) is 5.78 Å². The Morgan fingerprint density at radius 2 is 1.72 bits per heavy atom. The minimum absolute atomic E-state index is 0.134. The molecule has 4 aromatic rings. The second-order valence-electron chi connectivity index (χ2n) is 9.65. The maximum atomic E-state index is 14.4.